The van der Waals surface area contributed by atoms with Crippen molar-refractivity contribution < 1.29 is 4.39 Å². The first-order valence-electron chi connectivity index (χ1n) is 7.49. The summed E-state index contributed by atoms with van der Waals surface area (Å²) in [7, 11) is 0. The molecule has 2 aliphatic rings. The maximum Gasteiger partial charge on any atom is 0.0991 e. The maximum atomic E-state index is 13.5. The van der Waals surface area contributed by atoms with Crippen LogP contribution in [0.15, 0.2) is 11.4 Å². The van der Waals surface area contributed by atoms with Crippen LogP contribution in [0.25, 0.3) is 0 Å². The van der Waals surface area contributed by atoms with E-state index in [2.05, 4.69) is 6.92 Å². The molecule has 0 aliphatic heterocycles. The Morgan fingerprint density at radius 3 is 2.29 bits per heavy atom. The van der Waals surface area contributed by atoms with Gasteiger partial charge in [0.1, 0.15) is 0 Å². The van der Waals surface area contributed by atoms with Crippen molar-refractivity contribution in [3.63, 3.8) is 0 Å². The molecule has 1 saturated carbocycles. The van der Waals surface area contributed by atoms with Gasteiger partial charge >= 0.3 is 0 Å². The lowest BCUT2D eigenvalue weighted by molar-refractivity contribution is 0.251. The average Bonchev–Trinajstić information content (AvgIpc) is 2.33. The Kier molecular flexibility index (Phi) is 4.64. The lowest BCUT2D eigenvalue weighted by Crippen LogP contribution is -2.15. The molecule has 1 atom stereocenters. The van der Waals surface area contributed by atoms with Crippen LogP contribution in [0.2, 0.25) is 0 Å². The molecule has 0 bridgehead atoms. The van der Waals surface area contributed by atoms with E-state index in [0.717, 1.165) is 30.3 Å². The molecule has 0 heterocycles. The third-order valence-electron chi connectivity index (χ3n) is 4.98. The van der Waals surface area contributed by atoms with Crippen molar-refractivity contribution in [3.05, 3.63) is 11.4 Å². The first kappa shape index (κ1) is 13.1. The minimum atomic E-state index is 0.193. The summed E-state index contributed by atoms with van der Waals surface area (Å²) in [6.45, 7) is 4.33. The Morgan fingerprint density at radius 2 is 1.65 bits per heavy atom. The van der Waals surface area contributed by atoms with E-state index < -0.39 is 0 Å². The van der Waals surface area contributed by atoms with E-state index in [1.54, 1.807) is 0 Å². The normalized spacial score (nSPS) is 35.1. The van der Waals surface area contributed by atoms with Gasteiger partial charge < -0.3 is 0 Å². The Hall–Kier alpha value is -0.330. The molecule has 17 heavy (non-hydrogen) atoms. The van der Waals surface area contributed by atoms with Gasteiger partial charge in [0.2, 0.25) is 0 Å². The lowest BCUT2D eigenvalue weighted by Gasteiger charge is -2.28. The second-order valence-corrected chi connectivity index (χ2v) is 6.50. The fourth-order valence-electron chi connectivity index (χ4n) is 3.42. The van der Waals surface area contributed by atoms with E-state index in [1.807, 2.05) is 6.92 Å². The van der Waals surface area contributed by atoms with E-state index in [1.165, 1.54) is 44.9 Å². The van der Waals surface area contributed by atoms with Crippen molar-refractivity contribution in [2.24, 2.45) is 17.8 Å². The highest BCUT2D eigenvalue weighted by molar-refractivity contribution is 5.09. The quantitative estimate of drug-likeness (QED) is 0.597. The first-order valence-corrected chi connectivity index (χ1v) is 7.49. The summed E-state index contributed by atoms with van der Waals surface area (Å²) >= 11 is 0. The van der Waals surface area contributed by atoms with Gasteiger partial charge in [-0.25, -0.2) is 4.39 Å². The first-order chi connectivity index (χ1) is 8.15. The highest BCUT2D eigenvalue weighted by Crippen LogP contribution is 2.36. The maximum absolute atomic E-state index is 13.5. The van der Waals surface area contributed by atoms with Crippen LogP contribution < -0.4 is 0 Å². The molecule has 0 saturated heterocycles. The van der Waals surface area contributed by atoms with Gasteiger partial charge in [0.25, 0.3) is 0 Å². The standard InChI is InChI=1S/C16H27F/c1-12-3-6-14(7-4-12)9-10-15-8-5-13(2)16(17)11-15/h12,14-15H,3-11H2,1-2H3. The summed E-state index contributed by atoms with van der Waals surface area (Å²) in [5.41, 5.74) is 1.01. The Labute approximate surface area is 106 Å². The predicted molar refractivity (Wildman–Crippen MR) is 71.5 cm³/mol. The van der Waals surface area contributed by atoms with Crippen LogP contribution in [0, 0.1) is 17.8 Å². The number of halogens is 1. The summed E-state index contributed by atoms with van der Waals surface area (Å²) in [5.74, 6) is 2.72. The van der Waals surface area contributed by atoms with Crippen molar-refractivity contribution in [2.75, 3.05) is 0 Å². The molecule has 0 N–H and O–H groups in total. The van der Waals surface area contributed by atoms with Gasteiger partial charge in [0.05, 0.1) is 5.83 Å². The molecular weight excluding hydrogens is 211 g/mol. The second-order valence-electron chi connectivity index (χ2n) is 6.50. The molecule has 0 radical (unpaired) electrons. The SMILES string of the molecule is CC1=C(F)CC(CCC2CCC(C)CC2)CC1. The number of allylic oxidation sites excluding steroid dienone is 2. The Bertz CT molecular complexity index is 271. The summed E-state index contributed by atoms with van der Waals surface area (Å²) in [6, 6.07) is 0. The van der Waals surface area contributed by atoms with Gasteiger partial charge in [-0.05, 0) is 49.5 Å². The molecule has 1 unspecified atom stereocenters. The van der Waals surface area contributed by atoms with Crippen LogP contribution >= 0.6 is 0 Å². The highest BCUT2D eigenvalue weighted by atomic mass is 19.1. The molecular formula is C16H27F. The Balaban J connectivity index is 1.69. The molecule has 2 aliphatic carbocycles. The molecule has 0 nitrogen and oxygen atoms in total. The third-order valence-corrected chi connectivity index (χ3v) is 4.98. The zero-order chi connectivity index (χ0) is 12.3. The number of hydrogen-bond acceptors (Lipinski definition) is 0. The van der Waals surface area contributed by atoms with Crippen molar-refractivity contribution >= 4 is 0 Å². The highest BCUT2D eigenvalue weighted by Gasteiger charge is 2.22. The van der Waals surface area contributed by atoms with E-state index >= 15 is 0 Å². The van der Waals surface area contributed by atoms with Crippen LogP contribution in [0.5, 0.6) is 0 Å². The zero-order valence-corrected chi connectivity index (χ0v) is 11.5. The van der Waals surface area contributed by atoms with Gasteiger partial charge in [-0.2, -0.15) is 0 Å². The van der Waals surface area contributed by atoms with E-state index in [0.29, 0.717) is 5.92 Å². The van der Waals surface area contributed by atoms with E-state index in [9.17, 15) is 4.39 Å². The predicted octanol–water partition coefficient (Wildman–Crippen LogP) is 5.64. The van der Waals surface area contributed by atoms with Crippen molar-refractivity contribution in [3.8, 4) is 0 Å². The number of hydrogen-bond donors (Lipinski definition) is 0. The molecule has 1 heteroatoms. The second kappa shape index (κ2) is 6.02. The van der Waals surface area contributed by atoms with Crippen molar-refractivity contribution in [2.45, 2.75) is 71.6 Å². The fraction of sp³-hybridized carbons (Fsp3) is 0.875. The van der Waals surface area contributed by atoms with Gasteiger partial charge in [0, 0.05) is 6.42 Å². The number of rotatable bonds is 3. The summed E-state index contributed by atoms with van der Waals surface area (Å²) in [4.78, 5) is 0. The lowest BCUT2D eigenvalue weighted by atomic mass is 9.78. The van der Waals surface area contributed by atoms with Gasteiger partial charge in [-0.1, -0.05) is 39.0 Å². The van der Waals surface area contributed by atoms with Gasteiger partial charge in [-0.15, -0.1) is 0 Å². The third kappa shape index (κ3) is 3.82. The molecule has 0 spiro atoms. The molecule has 0 aromatic heterocycles. The molecule has 0 aromatic carbocycles. The fourth-order valence-corrected chi connectivity index (χ4v) is 3.42. The largest absolute Gasteiger partial charge is 0.212 e. The summed E-state index contributed by atoms with van der Waals surface area (Å²) < 4.78 is 13.5. The molecule has 0 amide bonds. The van der Waals surface area contributed by atoms with Crippen LogP contribution in [0.3, 0.4) is 0 Å². The van der Waals surface area contributed by atoms with Gasteiger partial charge in [-0.3, -0.25) is 0 Å². The smallest absolute Gasteiger partial charge is 0.0991 e. The minimum absolute atomic E-state index is 0.193. The zero-order valence-electron chi connectivity index (χ0n) is 11.5. The van der Waals surface area contributed by atoms with Crippen molar-refractivity contribution in [1.82, 2.24) is 0 Å². The summed E-state index contributed by atoms with van der Waals surface area (Å²) in [5, 5.41) is 0. The van der Waals surface area contributed by atoms with Crippen LogP contribution in [0.1, 0.15) is 71.6 Å². The van der Waals surface area contributed by atoms with Crippen LogP contribution in [-0.2, 0) is 0 Å². The monoisotopic (exact) mass is 238 g/mol. The molecule has 98 valence electrons. The molecule has 0 aromatic rings. The average molecular weight is 238 g/mol. The van der Waals surface area contributed by atoms with E-state index in [4.69, 9.17) is 0 Å². The minimum Gasteiger partial charge on any atom is -0.212 e. The molecule has 1 fully saturated rings. The van der Waals surface area contributed by atoms with Crippen molar-refractivity contribution in [1.29, 1.82) is 0 Å². The van der Waals surface area contributed by atoms with Crippen LogP contribution in [-0.4, -0.2) is 0 Å². The summed E-state index contributed by atoms with van der Waals surface area (Å²) in [6.07, 6.45) is 11.3. The molecule has 2 rings (SSSR count). The topological polar surface area (TPSA) is 0 Å². The Morgan fingerprint density at radius 1 is 1.00 bits per heavy atom. The van der Waals surface area contributed by atoms with Gasteiger partial charge in [0.15, 0.2) is 0 Å². The van der Waals surface area contributed by atoms with E-state index in [-0.39, 0.29) is 5.83 Å². The van der Waals surface area contributed by atoms with Crippen LogP contribution in [0.4, 0.5) is 4.39 Å².